The van der Waals surface area contributed by atoms with Crippen molar-refractivity contribution in [3.8, 4) is 22.8 Å². The minimum Gasteiger partial charge on any atom is -0.481 e. The number of rotatable bonds is 13. The van der Waals surface area contributed by atoms with Gasteiger partial charge in [-0.05, 0) is 93.7 Å². The molecule has 4 rings (SSSR count). The van der Waals surface area contributed by atoms with Crippen molar-refractivity contribution < 1.29 is 47.2 Å². The van der Waals surface area contributed by atoms with Gasteiger partial charge in [0.25, 0.3) is 0 Å². The average molecular weight is 716 g/mol. The van der Waals surface area contributed by atoms with Gasteiger partial charge in [0.2, 0.25) is 11.8 Å². The van der Waals surface area contributed by atoms with E-state index in [9.17, 15) is 33.0 Å². The van der Waals surface area contributed by atoms with Crippen LogP contribution in [0.4, 0.5) is 18.0 Å². The molecule has 2 amide bonds. The van der Waals surface area contributed by atoms with Crippen molar-refractivity contribution in [2.75, 3.05) is 7.11 Å². The number of methoxy groups -OCH3 is 1. The van der Waals surface area contributed by atoms with Crippen LogP contribution in [0.3, 0.4) is 0 Å². The number of hydrogen-bond donors (Lipinski definition) is 4. The zero-order valence-electron chi connectivity index (χ0n) is 29.6. The van der Waals surface area contributed by atoms with Gasteiger partial charge in [0.05, 0.1) is 31.4 Å². The number of alkyl halides is 3. The lowest BCUT2D eigenvalue weighted by Crippen LogP contribution is -2.52. The molecule has 0 radical (unpaired) electrons. The third kappa shape index (κ3) is 12.4. The number of aromatic nitrogens is 1. The second-order valence-electron chi connectivity index (χ2n) is 14.2. The molecule has 2 aromatic carbocycles. The van der Waals surface area contributed by atoms with Crippen LogP contribution in [0.15, 0.2) is 66.9 Å². The fraction of sp³-hybridized carbons (Fsp3) is 0.500. The second-order valence-corrected chi connectivity index (χ2v) is 14.2. The molecule has 3 aromatic rings. The van der Waals surface area contributed by atoms with Crippen molar-refractivity contribution in [3.05, 3.63) is 78.0 Å². The Morgan fingerprint density at radius 1 is 0.980 bits per heavy atom. The molecule has 13 heteroatoms. The maximum absolute atomic E-state index is 13.9. The summed E-state index contributed by atoms with van der Waals surface area (Å²) in [6.45, 7) is 7.07. The molecule has 10 nitrogen and oxygen atoms in total. The summed E-state index contributed by atoms with van der Waals surface area (Å²) in [5.41, 5.74) is 2.08. The molecular formula is C38H48F3N3O7. The Morgan fingerprint density at radius 2 is 1.69 bits per heavy atom. The minimum atomic E-state index is -4.90. The standard InChI is InChI=1S/C38H48F3N3O7/c1-23-8-6-11-31(45)34(23)44-35(47)28(18-25-9-7-10-29(19-25)50-38(39,40)41)21-32(46)30(43-36(48)51-37(2,3)4)20-24-12-14-26(15-13-24)27-16-17-33(49-5)42-22-27/h7,9-10,12-17,19,22-23,28,30-32,34,45-46H,6,8,11,18,20-21H2,1-5H3,(H,43,48)(H,44,47)/t23-,28-,30+,31-,32+,34+/m1/s1. The van der Waals surface area contributed by atoms with Crippen molar-refractivity contribution in [1.82, 2.24) is 15.6 Å². The van der Waals surface area contributed by atoms with Gasteiger partial charge in [-0.15, -0.1) is 13.2 Å². The molecule has 0 bridgehead atoms. The quantitative estimate of drug-likeness (QED) is 0.160. The molecule has 0 unspecified atom stereocenters. The van der Waals surface area contributed by atoms with Crippen molar-refractivity contribution in [2.45, 2.75) is 102 Å². The summed E-state index contributed by atoms with van der Waals surface area (Å²) in [6.07, 6.45) is -3.91. The number of aliphatic hydroxyl groups excluding tert-OH is 2. The highest BCUT2D eigenvalue weighted by Crippen LogP contribution is 2.29. The summed E-state index contributed by atoms with van der Waals surface area (Å²) in [4.78, 5) is 31.1. The third-order valence-corrected chi connectivity index (χ3v) is 8.86. The number of nitrogens with one attached hydrogen (secondary N) is 2. The Bertz CT molecular complexity index is 1570. The van der Waals surface area contributed by atoms with Crippen LogP contribution in [0.1, 0.15) is 64.5 Å². The van der Waals surface area contributed by atoms with E-state index in [1.807, 2.05) is 37.3 Å². The number of benzene rings is 2. The van der Waals surface area contributed by atoms with Gasteiger partial charge in [-0.1, -0.05) is 49.7 Å². The molecule has 1 saturated carbocycles. The van der Waals surface area contributed by atoms with Gasteiger partial charge in [0.15, 0.2) is 0 Å². The summed E-state index contributed by atoms with van der Waals surface area (Å²) in [5.74, 6) is -1.38. The first-order chi connectivity index (χ1) is 24.0. The van der Waals surface area contributed by atoms with E-state index in [1.165, 1.54) is 19.2 Å². The van der Waals surface area contributed by atoms with E-state index < -0.39 is 59.9 Å². The highest BCUT2D eigenvalue weighted by molar-refractivity contribution is 5.79. The fourth-order valence-electron chi connectivity index (χ4n) is 6.30. The number of alkyl carbamates (subject to hydrolysis) is 1. The minimum absolute atomic E-state index is 0.00922. The predicted molar refractivity (Wildman–Crippen MR) is 185 cm³/mol. The van der Waals surface area contributed by atoms with Gasteiger partial charge in [-0.25, -0.2) is 9.78 Å². The average Bonchev–Trinajstić information content (AvgIpc) is 3.04. The number of halogens is 3. The molecule has 1 fully saturated rings. The SMILES string of the molecule is COc1ccc(-c2ccc(C[C@H](NC(=O)OC(C)(C)C)[C@@H](O)C[C@@H](Cc3cccc(OC(F)(F)F)c3)C(=O)N[C@H]3[C@H](C)CCC[C@H]3O)cc2)cn1. The summed E-state index contributed by atoms with van der Waals surface area (Å²) < 4.78 is 53.7. The third-order valence-electron chi connectivity index (χ3n) is 8.86. The highest BCUT2D eigenvalue weighted by Gasteiger charge is 2.35. The Balaban J connectivity index is 1.59. The number of pyridine rings is 1. The van der Waals surface area contributed by atoms with Gasteiger partial charge in [-0.2, -0.15) is 0 Å². The van der Waals surface area contributed by atoms with Crippen LogP contribution in [-0.2, 0) is 22.4 Å². The van der Waals surface area contributed by atoms with E-state index in [4.69, 9.17) is 9.47 Å². The number of aliphatic hydroxyl groups is 2. The Labute approximate surface area is 296 Å². The van der Waals surface area contributed by atoms with E-state index in [1.54, 1.807) is 39.1 Å². The molecule has 0 aliphatic heterocycles. The number of hydrogen-bond acceptors (Lipinski definition) is 8. The first-order valence-electron chi connectivity index (χ1n) is 17.1. The Morgan fingerprint density at radius 3 is 2.29 bits per heavy atom. The van der Waals surface area contributed by atoms with Crippen LogP contribution in [0.2, 0.25) is 0 Å². The molecule has 0 spiro atoms. The lowest BCUT2D eigenvalue weighted by atomic mass is 9.82. The smallest absolute Gasteiger partial charge is 0.481 e. The number of carbonyl (C=O) groups excluding carboxylic acids is 2. The first kappa shape index (κ1) is 39.4. The fourth-order valence-corrected chi connectivity index (χ4v) is 6.30. The van der Waals surface area contributed by atoms with Crippen molar-refractivity contribution in [1.29, 1.82) is 0 Å². The summed E-state index contributed by atoms with van der Waals surface area (Å²) in [5, 5.41) is 28.1. The Hall–Kier alpha value is -4.36. The molecule has 4 N–H and O–H groups in total. The number of ether oxygens (including phenoxy) is 3. The number of nitrogens with zero attached hydrogens (tertiary/aromatic N) is 1. The number of carbonyl (C=O) groups is 2. The van der Waals surface area contributed by atoms with E-state index in [-0.39, 0.29) is 25.2 Å². The Kier molecular flexibility index (Phi) is 13.3. The highest BCUT2D eigenvalue weighted by atomic mass is 19.4. The molecule has 51 heavy (non-hydrogen) atoms. The lowest BCUT2D eigenvalue weighted by molar-refractivity contribution is -0.274. The second kappa shape index (κ2) is 17.2. The van der Waals surface area contributed by atoms with E-state index in [0.717, 1.165) is 35.6 Å². The van der Waals surface area contributed by atoms with Crippen molar-refractivity contribution >= 4 is 12.0 Å². The van der Waals surface area contributed by atoms with Crippen LogP contribution >= 0.6 is 0 Å². The molecule has 1 aliphatic carbocycles. The van der Waals surface area contributed by atoms with Crippen LogP contribution in [0.25, 0.3) is 11.1 Å². The van der Waals surface area contributed by atoms with Crippen LogP contribution in [-0.4, -0.2) is 70.6 Å². The monoisotopic (exact) mass is 715 g/mol. The molecule has 278 valence electrons. The van der Waals surface area contributed by atoms with Crippen LogP contribution < -0.4 is 20.1 Å². The van der Waals surface area contributed by atoms with Gasteiger partial charge < -0.3 is 35.1 Å². The van der Waals surface area contributed by atoms with Crippen LogP contribution in [0.5, 0.6) is 11.6 Å². The normalized spacial score (nSPS) is 19.7. The molecule has 0 saturated heterocycles. The maximum atomic E-state index is 13.9. The summed E-state index contributed by atoms with van der Waals surface area (Å²) in [7, 11) is 1.54. The number of amides is 2. The maximum Gasteiger partial charge on any atom is 0.573 e. The molecule has 1 heterocycles. The molecule has 6 atom stereocenters. The molecular weight excluding hydrogens is 667 g/mol. The topological polar surface area (TPSA) is 139 Å². The van der Waals surface area contributed by atoms with Gasteiger partial charge in [-0.3, -0.25) is 4.79 Å². The molecule has 1 aromatic heterocycles. The largest absolute Gasteiger partial charge is 0.573 e. The lowest BCUT2D eigenvalue weighted by Gasteiger charge is -2.35. The van der Waals surface area contributed by atoms with Gasteiger partial charge in [0.1, 0.15) is 11.4 Å². The van der Waals surface area contributed by atoms with Crippen molar-refractivity contribution in [2.24, 2.45) is 11.8 Å². The van der Waals surface area contributed by atoms with Crippen LogP contribution in [0, 0.1) is 11.8 Å². The summed E-state index contributed by atoms with van der Waals surface area (Å²) in [6, 6.07) is 15.0. The molecule has 1 aliphatic rings. The zero-order valence-corrected chi connectivity index (χ0v) is 29.6. The summed E-state index contributed by atoms with van der Waals surface area (Å²) >= 11 is 0. The van der Waals surface area contributed by atoms with E-state index in [0.29, 0.717) is 17.9 Å². The predicted octanol–water partition coefficient (Wildman–Crippen LogP) is 6.37. The van der Waals surface area contributed by atoms with Crippen molar-refractivity contribution in [3.63, 3.8) is 0 Å². The van der Waals surface area contributed by atoms with Gasteiger partial charge >= 0.3 is 12.5 Å². The first-order valence-corrected chi connectivity index (χ1v) is 17.1. The zero-order chi connectivity index (χ0) is 37.3. The van der Waals surface area contributed by atoms with Gasteiger partial charge in [0, 0.05) is 23.7 Å². The van der Waals surface area contributed by atoms with E-state index in [2.05, 4.69) is 20.4 Å². The van der Waals surface area contributed by atoms with E-state index >= 15 is 0 Å².